The van der Waals surface area contributed by atoms with E-state index in [2.05, 4.69) is 15.2 Å². The number of hydrogen-bond donors (Lipinski definition) is 1. The molecule has 1 saturated heterocycles. The molecule has 1 N–H and O–H groups in total. The number of aromatic nitrogens is 1. The molecule has 6 nitrogen and oxygen atoms in total. The van der Waals surface area contributed by atoms with Gasteiger partial charge in [-0.15, -0.1) is 0 Å². The minimum Gasteiger partial charge on any atom is -0.444 e. The van der Waals surface area contributed by atoms with Gasteiger partial charge in [0.2, 0.25) is 11.8 Å². The van der Waals surface area contributed by atoms with Crippen LogP contribution in [0.3, 0.4) is 0 Å². The lowest BCUT2D eigenvalue weighted by molar-refractivity contribution is -0.133. The van der Waals surface area contributed by atoms with E-state index in [0.717, 1.165) is 63.0 Å². The second-order valence-corrected chi connectivity index (χ2v) is 5.61. The number of hydrogen-bond acceptors (Lipinski definition) is 5. The predicted molar refractivity (Wildman–Crippen MR) is 81.0 cm³/mol. The molecule has 1 aromatic heterocycles. The summed E-state index contributed by atoms with van der Waals surface area (Å²) < 4.78 is 5.62. The van der Waals surface area contributed by atoms with Crippen LogP contribution in [-0.4, -0.2) is 60.5 Å². The Hall–Kier alpha value is -1.40. The standard InChI is InChI=1S/C15H26N4O2/c1-12-13(2)21-14(17-12)11-18-7-9-19(10-8-18)15(20)5-4-6-16-3/h16H,4-11H2,1-3H3. The molecule has 0 unspecified atom stereocenters. The van der Waals surface area contributed by atoms with Crippen molar-refractivity contribution >= 4 is 5.91 Å². The van der Waals surface area contributed by atoms with Crippen molar-refractivity contribution in [3.8, 4) is 0 Å². The number of nitrogens with one attached hydrogen (secondary N) is 1. The van der Waals surface area contributed by atoms with E-state index in [-0.39, 0.29) is 5.91 Å². The molecule has 0 spiro atoms. The first-order valence-corrected chi connectivity index (χ1v) is 7.67. The van der Waals surface area contributed by atoms with Crippen LogP contribution in [0, 0.1) is 13.8 Å². The van der Waals surface area contributed by atoms with Gasteiger partial charge in [-0.25, -0.2) is 4.98 Å². The number of piperazine rings is 1. The fraction of sp³-hybridized carbons (Fsp3) is 0.733. The minimum atomic E-state index is 0.271. The predicted octanol–water partition coefficient (Wildman–Crippen LogP) is 0.935. The van der Waals surface area contributed by atoms with Crippen molar-refractivity contribution in [2.24, 2.45) is 0 Å². The lowest BCUT2D eigenvalue weighted by Crippen LogP contribution is -2.48. The quantitative estimate of drug-likeness (QED) is 0.791. The van der Waals surface area contributed by atoms with Gasteiger partial charge in [0.15, 0.2) is 0 Å². The third-order valence-electron chi connectivity index (χ3n) is 3.97. The van der Waals surface area contributed by atoms with Crippen molar-refractivity contribution in [1.29, 1.82) is 0 Å². The number of aryl methyl sites for hydroxylation is 2. The number of amides is 1. The maximum atomic E-state index is 12.0. The van der Waals surface area contributed by atoms with Crippen molar-refractivity contribution < 1.29 is 9.21 Å². The Labute approximate surface area is 126 Å². The van der Waals surface area contributed by atoms with E-state index >= 15 is 0 Å². The molecular formula is C15H26N4O2. The molecule has 1 aliphatic heterocycles. The molecule has 0 atom stereocenters. The first kappa shape index (κ1) is 16.0. The second-order valence-electron chi connectivity index (χ2n) is 5.61. The number of carbonyl (C=O) groups excluding carboxylic acids is 1. The van der Waals surface area contributed by atoms with Gasteiger partial charge in [0.05, 0.1) is 12.2 Å². The van der Waals surface area contributed by atoms with Gasteiger partial charge in [0.1, 0.15) is 5.76 Å². The van der Waals surface area contributed by atoms with Crippen LogP contribution in [-0.2, 0) is 11.3 Å². The van der Waals surface area contributed by atoms with Crippen LogP contribution in [0.4, 0.5) is 0 Å². The molecule has 0 aromatic carbocycles. The highest BCUT2D eigenvalue weighted by atomic mass is 16.4. The highest BCUT2D eigenvalue weighted by Crippen LogP contribution is 2.12. The summed E-state index contributed by atoms with van der Waals surface area (Å²) in [6, 6.07) is 0. The average molecular weight is 294 g/mol. The molecule has 1 aliphatic rings. The van der Waals surface area contributed by atoms with Gasteiger partial charge < -0.3 is 14.6 Å². The monoisotopic (exact) mass is 294 g/mol. The zero-order valence-corrected chi connectivity index (χ0v) is 13.3. The van der Waals surface area contributed by atoms with Crippen LogP contribution in [0.1, 0.15) is 30.2 Å². The molecule has 118 valence electrons. The van der Waals surface area contributed by atoms with Crippen LogP contribution in [0.5, 0.6) is 0 Å². The van der Waals surface area contributed by atoms with Gasteiger partial charge in [0.25, 0.3) is 0 Å². The average Bonchev–Trinajstić information content (AvgIpc) is 2.78. The molecule has 1 fully saturated rings. The van der Waals surface area contributed by atoms with E-state index in [4.69, 9.17) is 4.42 Å². The largest absolute Gasteiger partial charge is 0.444 e. The first-order chi connectivity index (χ1) is 10.1. The third-order valence-corrected chi connectivity index (χ3v) is 3.97. The van der Waals surface area contributed by atoms with Crippen molar-refractivity contribution in [2.75, 3.05) is 39.8 Å². The molecule has 6 heteroatoms. The Kier molecular flexibility index (Phi) is 5.76. The van der Waals surface area contributed by atoms with Crippen LogP contribution in [0.2, 0.25) is 0 Å². The summed E-state index contributed by atoms with van der Waals surface area (Å²) >= 11 is 0. The lowest BCUT2D eigenvalue weighted by atomic mass is 10.2. The summed E-state index contributed by atoms with van der Waals surface area (Å²) in [5.41, 5.74) is 0.961. The van der Waals surface area contributed by atoms with Crippen LogP contribution in [0.15, 0.2) is 4.42 Å². The van der Waals surface area contributed by atoms with Gasteiger partial charge in [-0.1, -0.05) is 0 Å². The maximum absolute atomic E-state index is 12.0. The van der Waals surface area contributed by atoms with Gasteiger partial charge in [-0.3, -0.25) is 9.69 Å². The molecular weight excluding hydrogens is 268 g/mol. The summed E-state index contributed by atoms with van der Waals surface area (Å²) in [4.78, 5) is 20.7. The minimum absolute atomic E-state index is 0.271. The van der Waals surface area contributed by atoms with Crippen LogP contribution < -0.4 is 5.32 Å². The molecule has 0 radical (unpaired) electrons. The second kappa shape index (κ2) is 7.56. The normalized spacial score (nSPS) is 16.4. The molecule has 2 heterocycles. The third kappa shape index (κ3) is 4.54. The molecule has 1 aromatic rings. The fourth-order valence-electron chi connectivity index (χ4n) is 2.53. The summed E-state index contributed by atoms with van der Waals surface area (Å²) in [5.74, 6) is 1.94. The van der Waals surface area contributed by atoms with Gasteiger partial charge in [0, 0.05) is 32.6 Å². The Morgan fingerprint density at radius 1 is 1.29 bits per heavy atom. The van der Waals surface area contributed by atoms with Crippen molar-refractivity contribution in [3.05, 3.63) is 17.3 Å². The lowest BCUT2D eigenvalue weighted by Gasteiger charge is -2.34. The Bertz CT molecular complexity index is 445. The highest BCUT2D eigenvalue weighted by molar-refractivity contribution is 5.76. The van der Waals surface area contributed by atoms with Crippen LogP contribution in [0.25, 0.3) is 0 Å². The first-order valence-electron chi connectivity index (χ1n) is 7.67. The molecule has 0 bridgehead atoms. The van der Waals surface area contributed by atoms with E-state index in [1.807, 2.05) is 25.8 Å². The van der Waals surface area contributed by atoms with Gasteiger partial charge in [-0.2, -0.15) is 0 Å². The topological polar surface area (TPSA) is 61.6 Å². The Morgan fingerprint density at radius 3 is 2.57 bits per heavy atom. The number of rotatable bonds is 6. The highest BCUT2D eigenvalue weighted by Gasteiger charge is 2.21. The summed E-state index contributed by atoms with van der Waals surface area (Å²) in [6.45, 7) is 8.91. The molecule has 0 saturated carbocycles. The zero-order chi connectivity index (χ0) is 15.2. The maximum Gasteiger partial charge on any atom is 0.222 e. The molecule has 1 amide bonds. The van der Waals surface area contributed by atoms with Crippen LogP contribution >= 0.6 is 0 Å². The summed E-state index contributed by atoms with van der Waals surface area (Å²) in [6.07, 6.45) is 1.55. The zero-order valence-electron chi connectivity index (χ0n) is 13.3. The van der Waals surface area contributed by atoms with E-state index in [1.165, 1.54) is 0 Å². The van der Waals surface area contributed by atoms with Gasteiger partial charge >= 0.3 is 0 Å². The fourth-order valence-corrected chi connectivity index (χ4v) is 2.53. The number of nitrogens with zero attached hydrogens (tertiary/aromatic N) is 3. The van der Waals surface area contributed by atoms with E-state index < -0.39 is 0 Å². The smallest absolute Gasteiger partial charge is 0.222 e. The molecule has 21 heavy (non-hydrogen) atoms. The Balaban J connectivity index is 1.74. The number of carbonyl (C=O) groups is 1. The SMILES string of the molecule is CNCCCC(=O)N1CCN(Cc2nc(C)c(C)o2)CC1. The van der Waals surface area contributed by atoms with Gasteiger partial charge in [-0.05, 0) is 33.9 Å². The van der Waals surface area contributed by atoms with Crippen molar-refractivity contribution in [1.82, 2.24) is 20.1 Å². The Morgan fingerprint density at radius 2 is 2.00 bits per heavy atom. The number of oxazole rings is 1. The van der Waals surface area contributed by atoms with Crippen molar-refractivity contribution in [3.63, 3.8) is 0 Å². The van der Waals surface area contributed by atoms with Crippen molar-refractivity contribution in [2.45, 2.75) is 33.2 Å². The van der Waals surface area contributed by atoms with E-state index in [1.54, 1.807) is 0 Å². The van der Waals surface area contributed by atoms with E-state index in [9.17, 15) is 4.79 Å². The van der Waals surface area contributed by atoms with E-state index in [0.29, 0.717) is 6.42 Å². The molecule has 0 aliphatic carbocycles. The summed E-state index contributed by atoms with van der Waals surface area (Å²) in [7, 11) is 1.91. The molecule has 2 rings (SSSR count). The summed E-state index contributed by atoms with van der Waals surface area (Å²) in [5, 5.41) is 3.07.